The molecule has 2 aromatic rings. The number of nitrogens with zero attached hydrogens (tertiary/aromatic N) is 4. The normalized spacial score (nSPS) is 15.5. The van der Waals surface area contributed by atoms with E-state index < -0.39 is 10.8 Å². The van der Waals surface area contributed by atoms with Crippen molar-refractivity contribution >= 4 is 5.78 Å². The molecule has 0 aliphatic rings. The van der Waals surface area contributed by atoms with Crippen molar-refractivity contribution in [1.82, 2.24) is 30.8 Å². The van der Waals surface area contributed by atoms with E-state index in [0.717, 1.165) is 11.4 Å². The van der Waals surface area contributed by atoms with Crippen molar-refractivity contribution in [3.63, 3.8) is 0 Å². The minimum atomic E-state index is -0.571. The van der Waals surface area contributed by atoms with Gasteiger partial charge in [-0.05, 0) is 0 Å². The van der Waals surface area contributed by atoms with Gasteiger partial charge in [-0.15, -0.1) is 0 Å². The zero-order valence-electron chi connectivity index (χ0n) is 14.0. The van der Waals surface area contributed by atoms with Gasteiger partial charge in [0.25, 0.3) is 0 Å². The van der Waals surface area contributed by atoms with Crippen LogP contribution in [0.15, 0.2) is 12.4 Å². The van der Waals surface area contributed by atoms with E-state index in [-0.39, 0.29) is 17.6 Å². The van der Waals surface area contributed by atoms with Crippen LogP contribution < -0.4 is 0 Å². The summed E-state index contributed by atoms with van der Waals surface area (Å²) >= 11 is 0. The third-order valence-corrected chi connectivity index (χ3v) is 5.09. The molecule has 2 N–H and O–H groups in total. The molecule has 120 valence electrons. The molecule has 0 radical (unpaired) electrons. The smallest absolute Gasteiger partial charge is 0.145 e. The Morgan fingerprint density at radius 1 is 0.909 bits per heavy atom. The van der Waals surface area contributed by atoms with Crippen LogP contribution in [-0.2, 0) is 4.79 Å². The molecule has 0 amide bonds. The van der Waals surface area contributed by atoms with E-state index in [9.17, 15) is 4.79 Å². The van der Waals surface area contributed by atoms with Crippen LogP contribution in [0.3, 0.4) is 0 Å². The number of ketones is 1. The van der Waals surface area contributed by atoms with Gasteiger partial charge in [0, 0.05) is 22.7 Å². The highest BCUT2D eigenvalue weighted by Crippen LogP contribution is 2.45. The second kappa shape index (κ2) is 5.62. The van der Waals surface area contributed by atoms with Crippen molar-refractivity contribution in [2.45, 2.75) is 53.4 Å². The van der Waals surface area contributed by atoms with Crippen molar-refractivity contribution in [2.75, 3.05) is 0 Å². The highest BCUT2D eigenvalue weighted by molar-refractivity contribution is 5.90. The molecule has 0 fully saturated rings. The van der Waals surface area contributed by atoms with Gasteiger partial charge in [-0.2, -0.15) is 30.8 Å². The fourth-order valence-electron chi connectivity index (χ4n) is 2.80. The minimum Gasteiger partial charge on any atom is -0.298 e. The number of carbonyl (C=O) groups is 1. The van der Waals surface area contributed by atoms with Crippen LogP contribution in [0.1, 0.15) is 64.8 Å². The Kier molecular flexibility index (Phi) is 4.17. The largest absolute Gasteiger partial charge is 0.298 e. The van der Waals surface area contributed by atoms with Crippen LogP contribution in [0.4, 0.5) is 0 Å². The van der Waals surface area contributed by atoms with Crippen LogP contribution in [0.25, 0.3) is 0 Å². The first kappa shape index (κ1) is 16.3. The summed E-state index contributed by atoms with van der Waals surface area (Å²) < 4.78 is 0. The Morgan fingerprint density at radius 2 is 1.27 bits per heavy atom. The highest BCUT2D eigenvalue weighted by Gasteiger charge is 2.46. The number of hydrogen-bond acceptors (Lipinski definition) is 5. The van der Waals surface area contributed by atoms with E-state index >= 15 is 0 Å². The second-order valence-electron chi connectivity index (χ2n) is 7.01. The van der Waals surface area contributed by atoms with Gasteiger partial charge in [0.15, 0.2) is 0 Å². The molecule has 0 saturated heterocycles. The summed E-state index contributed by atoms with van der Waals surface area (Å²) in [6.07, 6.45) is 3.35. The molecule has 7 heteroatoms. The first-order valence-electron chi connectivity index (χ1n) is 7.45. The summed E-state index contributed by atoms with van der Waals surface area (Å²) in [7, 11) is 0. The Morgan fingerprint density at radius 3 is 1.55 bits per heavy atom. The SMILES string of the molecule is CC(c1cn[nH]n1)C(C)(C)C(=O)C(C)(C)C(C)c1cn[nH]n1. The zero-order valence-corrected chi connectivity index (χ0v) is 14.0. The molecule has 2 aromatic heterocycles. The first-order chi connectivity index (χ1) is 10.2. The van der Waals surface area contributed by atoms with Crippen molar-refractivity contribution in [3.05, 3.63) is 23.8 Å². The number of rotatable bonds is 6. The second-order valence-corrected chi connectivity index (χ2v) is 7.01. The van der Waals surface area contributed by atoms with E-state index in [0.29, 0.717) is 0 Å². The highest BCUT2D eigenvalue weighted by atomic mass is 16.1. The van der Waals surface area contributed by atoms with Gasteiger partial charge in [-0.3, -0.25) is 4.79 Å². The number of nitrogens with one attached hydrogen (secondary N) is 2. The van der Waals surface area contributed by atoms with E-state index in [1.54, 1.807) is 12.4 Å². The fourth-order valence-corrected chi connectivity index (χ4v) is 2.80. The zero-order chi connectivity index (χ0) is 16.5. The number of Topliss-reactive ketones (excluding diaryl/α,β-unsaturated/α-hetero) is 1. The summed E-state index contributed by atoms with van der Waals surface area (Å²) in [6, 6.07) is 0. The molecule has 2 rings (SSSR count). The summed E-state index contributed by atoms with van der Waals surface area (Å²) in [5.74, 6) is 0.0936. The average molecular weight is 304 g/mol. The molecule has 22 heavy (non-hydrogen) atoms. The molecule has 0 spiro atoms. The summed E-state index contributed by atoms with van der Waals surface area (Å²) in [6.45, 7) is 11.9. The van der Waals surface area contributed by atoms with Crippen LogP contribution in [0.5, 0.6) is 0 Å². The Hall–Kier alpha value is -2.05. The number of aromatic amines is 2. The van der Waals surface area contributed by atoms with Crippen LogP contribution >= 0.6 is 0 Å². The Labute approximate surface area is 130 Å². The quantitative estimate of drug-likeness (QED) is 0.853. The lowest BCUT2D eigenvalue weighted by atomic mass is 9.62. The molecule has 0 aliphatic carbocycles. The maximum Gasteiger partial charge on any atom is 0.145 e. The number of aromatic nitrogens is 6. The van der Waals surface area contributed by atoms with Gasteiger partial charge < -0.3 is 0 Å². The lowest BCUT2D eigenvalue weighted by Crippen LogP contribution is -2.42. The maximum absolute atomic E-state index is 13.2. The molecule has 2 atom stereocenters. The van der Waals surface area contributed by atoms with Gasteiger partial charge in [0.2, 0.25) is 0 Å². The van der Waals surface area contributed by atoms with Crippen molar-refractivity contribution in [1.29, 1.82) is 0 Å². The number of hydrogen-bond donors (Lipinski definition) is 2. The molecule has 0 saturated carbocycles. The number of H-pyrrole nitrogens is 2. The van der Waals surface area contributed by atoms with Crippen LogP contribution in [0, 0.1) is 10.8 Å². The lowest BCUT2D eigenvalue weighted by Gasteiger charge is -2.39. The third kappa shape index (κ3) is 2.67. The lowest BCUT2D eigenvalue weighted by molar-refractivity contribution is -0.138. The van der Waals surface area contributed by atoms with Crippen LogP contribution in [0.2, 0.25) is 0 Å². The first-order valence-corrected chi connectivity index (χ1v) is 7.45. The van der Waals surface area contributed by atoms with Crippen LogP contribution in [-0.4, -0.2) is 36.6 Å². The Balaban J connectivity index is 2.28. The van der Waals surface area contributed by atoms with Gasteiger partial charge >= 0.3 is 0 Å². The fraction of sp³-hybridized carbons (Fsp3) is 0.667. The maximum atomic E-state index is 13.2. The average Bonchev–Trinajstić information content (AvgIpc) is 3.17. The van der Waals surface area contributed by atoms with Gasteiger partial charge in [-0.25, -0.2) is 0 Å². The van der Waals surface area contributed by atoms with Gasteiger partial charge in [0.1, 0.15) is 5.78 Å². The van der Waals surface area contributed by atoms with Crippen molar-refractivity contribution < 1.29 is 4.79 Å². The Bertz CT molecular complexity index is 560. The number of carbonyl (C=O) groups excluding carboxylic acids is 1. The summed E-state index contributed by atoms with van der Waals surface area (Å²) in [5.41, 5.74) is 0.447. The monoisotopic (exact) mass is 304 g/mol. The van der Waals surface area contributed by atoms with Crippen molar-refractivity contribution in [2.24, 2.45) is 10.8 Å². The van der Waals surface area contributed by atoms with Crippen molar-refractivity contribution in [3.8, 4) is 0 Å². The molecule has 0 aliphatic heterocycles. The van der Waals surface area contributed by atoms with Gasteiger partial charge in [0.05, 0.1) is 23.8 Å². The topological polar surface area (TPSA) is 100 Å². The molecular weight excluding hydrogens is 280 g/mol. The van der Waals surface area contributed by atoms with E-state index in [2.05, 4.69) is 30.8 Å². The predicted molar refractivity (Wildman–Crippen MR) is 82.2 cm³/mol. The summed E-state index contributed by atoms with van der Waals surface area (Å²) in [5, 5.41) is 21.2. The van der Waals surface area contributed by atoms with E-state index in [4.69, 9.17) is 0 Å². The molecule has 0 aromatic carbocycles. The molecule has 2 heterocycles. The van der Waals surface area contributed by atoms with E-state index in [1.807, 2.05) is 41.5 Å². The predicted octanol–water partition coefficient (Wildman–Crippen LogP) is 2.45. The molecular formula is C15H24N6O. The molecule has 2 unspecified atom stereocenters. The standard InChI is InChI=1S/C15H24N6O/c1-9(11-7-16-20-18-11)14(3,4)13(22)15(5,6)10(2)12-8-17-21-19-12/h7-10H,1-6H3,(H,16,18,20)(H,17,19,21). The van der Waals surface area contributed by atoms with E-state index in [1.165, 1.54) is 0 Å². The minimum absolute atomic E-state index is 0.0393. The molecule has 7 nitrogen and oxygen atoms in total. The molecule has 0 bridgehead atoms. The van der Waals surface area contributed by atoms with Gasteiger partial charge in [-0.1, -0.05) is 41.5 Å². The summed E-state index contributed by atoms with van der Waals surface area (Å²) in [4.78, 5) is 13.2. The third-order valence-electron chi connectivity index (χ3n) is 5.09.